The molecular formula is C19H30O2. The Morgan fingerprint density at radius 2 is 1.90 bits per heavy atom. The maximum absolute atomic E-state index is 9.85. The standard InChI is InChI=1S/C19H30O2/c1-2-3-7-17-10-12-19(16-20,13-11-17)14-15-21-18-8-5-4-6-9-18/h4-6,8-9,17,20H,2-3,7,10-16H2,1H3. The van der Waals surface area contributed by atoms with Crippen LogP contribution in [0, 0.1) is 11.3 Å². The monoisotopic (exact) mass is 290 g/mol. The van der Waals surface area contributed by atoms with Crippen LogP contribution in [0.15, 0.2) is 30.3 Å². The maximum Gasteiger partial charge on any atom is 0.119 e. The van der Waals surface area contributed by atoms with Crippen LogP contribution in [-0.2, 0) is 0 Å². The van der Waals surface area contributed by atoms with Crippen molar-refractivity contribution in [3.05, 3.63) is 30.3 Å². The van der Waals surface area contributed by atoms with E-state index >= 15 is 0 Å². The van der Waals surface area contributed by atoms with Crippen molar-refractivity contribution in [2.45, 2.75) is 58.3 Å². The molecule has 1 aliphatic rings. The summed E-state index contributed by atoms with van der Waals surface area (Å²) in [7, 11) is 0. The summed E-state index contributed by atoms with van der Waals surface area (Å²) in [4.78, 5) is 0. The molecule has 1 fully saturated rings. The number of aliphatic hydroxyl groups excluding tert-OH is 1. The average molecular weight is 290 g/mol. The first kappa shape index (κ1) is 16.4. The number of ether oxygens (including phenoxy) is 1. The minimum absolute atomic E-state index is 0.109. The molecule has 0 spiro atoms. The highest BCUT2D eigenvalue weighted by atomic mass is 16.5. The Bertz CT molecular complexity index is 380. The second-order valence-electron chi connectivity index (χ2n) is 6.66. The lowest BCUT2D eigenvalue weighted by Crippen LogP contribution is -2.32. The van der Waals surface area contributed by atoms with Gasteiger partial charge < -0.3 is 9.84 Å². The van der Waals surface area contributed by atoms with Gasteiger partial charge in [-0.25, -0.2) is 0 Å². The number of unbranched alkanes of at least 4 members (excludes halogenated alkanes) is 1. The molecule has 0 aliphatic heterocycles. The Kier molecular flexibility index (Phi) is 6.56. The van der Waals surface area contributed by atoms with E-state index in [1.807, 2.05) is 30.3 Å². The average Bonchev–Trinajstić information content (AvgIpc) is 2.55. The highest BCUT2D eigenvalue weighted by Crippen LogP contribution is 2.42. The lowest BCUT2D eigenvalue weighted by atomic mass is 9.68. The van der Waals surface area contributed by atoms with E-state index in [2.05, 4.69) is 6.92 Å². The number of aliphatic hydroxyl groups is 1. The molecule has 0 heterocycles. The number of hydrogen-bond acceptors (Lipinski definition) is 2. The van der Waals surface area contributed by atoms with Gasteiger partial charge in [0.05, 0.1) is 6.61 Å². The van der Waals surface area contributed by atoms with Crippen LogP contribution in [0.1, 0.15) is 58.3 Å². The van der Waals surface area contributed by atoms with Gasteiger partial charge in [-0.2, -0.15) is 0 Å². The van der Waals surface area contributed by atoms with Gasteiger partial charge in [-0.15, -0.1) is 0 Å². The van der Waals surface area contributed by atoms with E-state index in [4.69, 9.17) is 4.74 Å². The zero-order valence-electron chi connectivity index (χ0n) is 13.4. The predicted molar refractivity (Wildman–Crippen MR) is 87.6 cm³/mol. The molecule has 0 unspecified atom stereocenters. The van der Waals surface area contributed by atoms with Gasteiger partial charge in [0.15, 0.2) is 0 Å². The van der Waals surface area contributed by atoms with Crippen molar-refractivity contribution in [3.63, 3.8) is 0 Å². The Labute approximate surface area is 129 Å². The molecular weight excluding hydrogens is 260 g/mol. The molecule has 0 atom stereocenters. The van der Waals surface area contributed by atoms with E-state index < -0.39 is 0 Å². The third-order valence-corrected chi connectivity index (χ3v) is 5.11. The van der Waals surface area contributed by atoms with Crippen LogP contribution >= 0.6 is 0 Å². The van der Waals surface area contributed by atoms with E-state index in [0.29, 0.717) is 13.2 Å². The molecule has 1 N–H and O–H groups in total. The van der Waals surface area contributed by atoms with Gasteiger partial charge in [-0.3, -0.25) is 0 Å². The number of hydrogen-bond donors (Lipinski definition) is 1. The summed E-state index contributed by atoms with van der Waals surface area (Å²) in [6, 6.07) is 9.98. The summed E-state index contributed by atoms with van der Waals surface area (Å²) in [5.41, 5.74) is 0.109. The highest BCUT2D eigenvalue weighted by molar-refractivity contribution is 5.20. The molecule has 0 radical (unpaired) electrons. The van der Waals surface area contributed by atoms with Gasteiger partial charge in [0.25, 0.3) is 0 Å². The molecule has 1 aromatic rings. The SMILES string of the molecule is CCCCC1CCC(CO)(CCOc2ccccc2)CC1. The van der Waals surface area contributed by atoms with Crippen LogP contribution < -0.4 is 4.74 Å². The summed E-state index contributed by atoms with van der Waals surface area (Å²) in [5, 5.41) is 9.85. The lowest BCUT2D eigenvalue weighted by Gasteiger charge is -2.39. The van der Waals surface area contributed by atoms with Crippen molar-refractivity contribution < 1.29 is 9.84 Å². The van der Waals surface area contributed by atoms with Crippen molar-refractivity contribution >= 4 is 0 Å². The Morgan fingerprint density at radius 3 is 2.52 bits per heavy atom. The zero-order valence-corrected chi connectivity index (χ0v) is 13.4. The van der Waals surface area contributed by atoms with Gasteiger partial charge >= 0.3 is 0 Å². The van der Waals surface area contributed by atoms with Gasteiger partial charge in [-0.1, -0.05) is 44.4 Å². The first-order valence-electron chi connectivity index (χ1n) is 8.57. The van der Waals surface area contributed by atoms with E-state index in [9.17, 15) is 5.11 Å². The van der Waals surface area contributed by atoms with Crippen LogP contribution in [0.4, 0.5) is 0 Å². The van der Waals surface area contributed by atoms with Gasteiger partial charge in [0, 0.05) is 6.61 Å². The molecule has 2 nitrogen and oxygen atoms in total. The third kappa shape index (κ3) is 5.03. The van der Waals surface area contributed by atoms with Gasteiger partial charge in [0.2, 0.25) is 0 Å². The molecule has 1 aromatic carbocycles. The maximum atomic E-state index is 9.85. The summed E-state index contributed by atoms with van der Waals surface area (Å²) >= 11 is 0. The van der Waals surface area contributed by atoms with E-state index in [1.165, 1.54) is 32.1 Å². The fourth-order valence-electron chi connectivity index (χ4n) is 3.46. The van der Waals surface area contributed by atoms with Crippen molar-refractivity contribution in [2.24, 2.45) is 11.3 Å². The second-order valence-corrected chi connectivity index (χ2v) is 6.66. The fraction of sp³-hybridized carbons (Fsp3) is 0.684. The zero-order chi connectivity index (χ0) is 15.0. The van der Waals surface area contributed by atoms with Crippen molar-refractivity contribution in [1.29, 1.82) is 0 Å². The largest absolute Gasteiger partial charge is 0.494 e. The summed E-state index contributed by atoms with van der Waals surface area (Å²) in [6.07, 6.45) is 9.89. The first-order chi connectivity index (χ1) is 10.3. The van der Waals surface area contributed by atoms with Crippen molar-refractivity contribution in [2.75, 3.05) is 13.2 Å². The summed E-state index contributed by atoms with van der Waals surface area (Å²) < 4.78 is 5.82. The Morgan fingerprint density at radius 1 is 1.19 bits per heavy atom. The number of para-hydroxylation sites is 1. The number of rotatable bonds is 8. The van der Waals surface area contributed by atoms with Gasteiger partial charge in [0.1, 0.15) is 5.75 Å². The van der Waals surface area contributed by atoms with Crippen LogP contribution in [0.3, 0.4) is 0 Å². The highest BCUT2D eigenvalue weighted by Gasteiger charge is 2.34. The molecule has 2 heteroatoms. The Balaban J connectivity index is 1.75. The molecule has 0 aromatic heterocycles. The van der Waals surface area contributed by atoms with E-state index in [-0.39, 0.29) is 5.41 Å². The molecule has 2 rings (SSSR count). The van der Waals surface area contributed by atoms with Crippen molar-refractivity contribution in [3.8, 4) is 5.75 Å². The molecule has 21 heavy (non-hydrogen) atoms. The lowest BCUT2D eigenvalue weighted by molar-refractivity contribution is 0.0414. The first-order valence-corrected chi connectivity index (χ1v) is 8.57. The minimum Gasteiger partial charge on any atom is -0.494 e. The summed E-state index contributed by atoms with van der Waals surface area (Å²) in [6.45, 7) is 3.29. The minimum atomic E-state index is 0.109. The smallest absolute Gasteiger partial charge is 0.119 e. The molecule has 1 saturated carbocycles. The van der Waals surface area contributed by atoms with Crippen LogP contribution in [0.2, 0.25) is 0 Å². The normalized spacial score (nSPS) is 25.7. The quantitative estimate of drug-likeness (QED) is 0.744. The van der Waals surface area contributed by atoms with Crippen LogP contribution in [0.5, 0.6) is 5.75 Å². The fourth-order valence-corrected chi connectivity index (χ4v) is 3.46. The van der Waals surface area contributed by atoms with Crippen molar-refractivity contribution in [1.82, 2.24) is 0 Å². The topological polar surface area (TPSA) is 29.5 Å². The third-order valence-electron chi connectivity index (χ3n) is 5.11. The van der Waals surface area contributed by atoms with Gasteiger partial charge in [-0.05, 0) is 55.6 Å². The second kappa shape index (κ2) is 8.43. The molecule has 1 aliphatic carbocycles. The van der Waals surface area contributed by atoms with E-state index in [0.717, 1.165) is 30.9 Å². The Hall–Kier alpha value is -1.02. The predicted octanol–water partition coefficient (Wildman–Crippen LogP) is 4.81. The van der Waals surface area contributed by atoms with Crippen LogP contribution in [0.25, 0.3) is 0 Å². The molecule has 0 bridgehead atoms. The molecule has 0 saturated heterocycles. The summed E-state index contributed by atoms with van der Waals surface area (Å²) in [5.74, 6) is 1.82. The molecule has 0 amide bonds. The van der Waals surface area contributed by atoms with E-state index in [1.54, 1.807) is 0 Å². The number of benzene rings is 1. The molecule has 118 valence electrons. The van der Waals surface area contributed by atoms with Crippen LogP contribution in [-0.4, -0.2) is 18.3 Å².